The van der Waals surface area contributed by atoms with Gasteiger partial charge in [0.1, 0.15) is 15.3 Å². The van der Waals surface area contributed by atoms with E-state index in [1.165, 1.54) is 17.6 Å². The number of sulfone groups is 1. The molecule has 0 bridgehead atoms. The predicted molar refractivity (Wildman–Crippen MR) is 60.5 cm³/mol. The van der Waals surface area contributed by atoms with Crippen molar-refractivity contribution in [3.05, 3.63) is 10.0 Å². The van der Waals surface area contributed by atoms with Gasteiger partial charge in [0.25, 0.3) is 0 Å². The summed E-state index contributed by atoms with van der Waals surface area (Å²) in [6, 6.07) is 0. The molecule has 1 N–H and O–H groups in total. The van der Waals surface area contributed by atoms with Crippen LogP contribution in [0, 0.1) is 0 Å². The maximum atomic E-state index is 11.3. The molecule has 0 saturated carbocycles. The molecule has 5 nitrogen and oxygen atoms in total. The average molecular weight is 249 g/mol. The highest BCUT2D eigenvalue weighted by Gasteiger charge is 2.21. The minimum atomic E-state index is -3.08. The summed E-state index contributed by atoms with van der Waals surface area (Å²) in [5.74, 6) is 0. The SMILES string of the molecule is CCNCc1nnc(C(C)S(C)(=O)=O)s1. The van der Waals surface area contributed by atoms with Gasteiger partial charge in [0, 0.05) is 12.8 Å². The van der Waals surface area contributed by atoms with Crippen molar-refractivity contribution in [1.82, 2.24) is 15.5 Å². The lowest BCUT2D eigenvalue weighted by molar-refractivity contribution is 0.591. The maximum Gasteiger partial charge on any atom is 0.156 e. The smallest absolute Gasteiger partial charge is 0.156 e. The van der Waals surface area contributed by atoms with Gasteiger partial charge in [-0.05, 0) is 13.5 Å². The molecule has 7 heteroatoms. The molecule has 0 fully saturated rings. The monoisotopic (exact) mass is 249 g/mol. The Morgan fingerprint density at radius 1 is 1.47 bits per heavy atom. The molecule has 1 rings (SSSR count). The second-order valence-electron chi connectivity index (χ2n) is 3.29. The molecule has 0 aromatic carbocycles. The fourth-order valence-corrected chi connectivity index (χ4v) is 2.74. The van der Waals surface area contributed by atoms with Gasteiger partial charge in [0.15, 0.2) is 9.84 Å². The second kappa shape index (κ2) is 5.00. The first-order chi connectivity index (χ1) is 6.95. The van der Waals surface area contributed by atoms with E-state index in [4.69, 9.17) is 0 Å². The van der Waals surface area contributed by atoms with Crippen molar-refractivity contribution in [3.8, 4) is 0 Å². The molecule has 1 atom stereocenters. The third-order valence-electron chi connectivity index (χ3n) is 2.00. The molecule has 0 saturated heterocycles. The zero-order chi connectivity index (χ0) is 11.5. The third-order valence-corrected chi connectivity index (χ3v) is 4.76. The van der Waals surface area contributed by atoms with Gasteiger partial charge in [0.05, 0.1) is 0 Å². The molecule has 0 amide bonds. The van der Waals surface area contributed by atoms with E-state index in [1.54, 1.807) is 6.92 Å². The van der Waals surface area contributed by atoms with Crippen LogP contribution in [0.25, 0.3) is 0 Å². The van der Waals surface area contributed by atoms with E-state index < -0.39 is 15.1 Å². The Morgan fingerprint density at radius 2 is 2.13 bits per heavy atom. The summed E-state index contributed by atoms with van der Waals surface area (Å²) in [6.07, 6.45) is 1.21. The summed E-state index contributed by atoms with van der Waals surface area (Å²) in [5, 5.41) is 11.7. The van der Waals surface area contributed by atoms with Gasteiger partial charge in [-0.1, -0.05) is 18.3 Å². The first kappa shape index (κ1) is 12.5. The minimum Gasteiger partial charge on any atom is -0.311 e. The van der Waals surface area contributed by atoms with Gasteiger partial charge in [-0.25, -0.2) is 8.42 Å². The second-order valence-corrected chi connectivity index (χ2v) is 6.75. The number of hydrogen-bond acceptors (Lipinski definition) is 6. The molecule has 0 radical (unpaired) electrons. The summed E-state index contributed by atoms with van der Waals surface area (Å²) < 4.78 is 22.6. The van der Waals surface area contributed by atoms with Crippen molar-refractivity contribution in [2.45, 2.75) is 25.6 Å². The van der Waals surface area contributed by atoms with Crippen LogP contribution in [0.15, 0.2) is 0 Å². The Balaban J connectivity index is 2.76. The van der Waals surface area contributed by atoms with E-state index in [9.17, 15) is 8.42 Å². The lowest BCUT2D eigenvalue weighted by Crippen LogP contribution is -2.11. The maximum absolute atomic E-state index is 11.3. The van der Waals surface area contributed by atoms with Crippen molar-refractivity contribution >= 4 is 21.2 Å². The van der Waals surface area contributed by atoms with Crippen LogP contribution >= 0.6 is 11.3 Å². The number of nitrogens with zero attached hydrogens (tertiary/aromatic N) is 2. The quantitative estimate of drug-likeness (QED) is 0.834. The fourth-order valence-electron chi connectivity index (χ4n) is 0.917. The average Bonchev–Trinajstić information content (AvgIpc) is 2.60. The van der Waals surface area contributed by atoms with Gasteiger partial charge in [0.2, 0.25) is 0 Å². The first-order valence-electron chi connectivity index (χ1n) is 4.67. The molecule has 0 aliphatic rings. The van der Waals surface area contributed by atoms with Crippen LogP contribution in [0.2, 0.25) is 0 Å². The van der Waals surface area contributed by atoms with Crippen LogP contribution in [0.3, 0.4) is 0 Å². The number of rotatable bonds is 5. The Bertz CT molecular complexity index is 413. The highest BCUT2D eigenvalue weighted by molar-refractivity contribution is 7.91. The van der Waals surface area contributed by atoms with Crippen LogP contribution in [-0.4, -0.2) is 31.4 Å². The summed E-state index contributed by atoms with van der Waals surface area (Å²) >= 11 is 1.34. The molecule has 1 aromatic rings. The van der Waals surface area contributed by atoms with Crippen LogP contribution in [0.1, 0.15) is 29.1 Å². The topological polar surface area (TPSA) is 72.0 Å². The van der Waals surface area contributed by atoms with Crippen LogP contribution < -0.4 is 5.32 Å². The van der Waals surface area contributed by atoms with Crippen molar-refractivity contribution < 1.29 is 8.42 Å². The van der Waals surface area contributed by atoms with Crippen LogP contribution in [-0.2, 0) is 16.4 Å². The molecule has 15 heavy (non-hydrogen) atoms. The molecule has 1 unspecified atom stereocenters. The van der Waals surface area contributed by atoms with Crippen molar-refractivity contribution in [2.75, 3.05) is 12.8 Å². The van der Waals surface area contributed by atoms with Gasteiger partial charge < -0.3 is 5.32 Å². The van der Waals surface area contributed by atoms with Crippen LogP contribution in [0.5, 0.6) is 0 Å². The fraction of sp³-hybridized carbons (Fsp3) is 0.750. The van der Waals surface area contributed by atoms with Crippen molar-refractivity contribution in [2.24, 2.45) is 0 Å². The zero-order valence-electron chi connectivity index (χ0n) is 9.02. The molecule has 1 aromatic heterocycles. The lowest BCUT2D eigenvalue weighted by Gasteiger charge is -2.02. The molecule has 0 aliphatic heterocycles. The number of nitrogens with one attached hydrogen (secondary N) is 1. The van der Waals surface area contributed by atoms with Gasteiger partial charge in [-0.3, -0.25) is 0 Å². The van der Waals surface area contributed by atoms with E-state index in [0.717, 1.165) is 11.6 Å². The Hall–Kier alpha value is -0.530. The predicted octanol–water partition coefficient (Wildman–Crippen LogP) is 0.753. The largest absolute Gasteiger partial charge is 0.311 e. The number of aromatic nitrogens is 2. The molecular formula is C8H15N3O2S2. The number of hydrogen-bond donors (Lipinski definition) is 1. The van der Waals surface area contributed by atoms with Crippen LogP contribution in [0.4, 0.5) is 0 Å². The van der Waals surface area contributed by atoms with Crippen molar-refractivity contribution in [3.63, 3.8) is 0 Å². The summed E-state index contributed by atoms with van der Waals surface area (Å²) in [5.41, 5.74) is 0. The summed E-state index contributed by atoms with van der Waals surface area (Å²) in [6.45, 7) is 5.13. The van der Waals surface area contributed by atoms with E-state index in [-0.39, 0.29) is 0 Å². The highest BCUT2D eigenvalue weighted by atomic mass is 32.2. The normalized spacial score (nSPS) is 14.1. The van der Waals surface area contributed by atoms with E-state index >= 15 is 0 Å². The Labute approximate surface area is 93.8 Å². The lowest BCUT2D eigenvalue weighted by atomic mass is 10.5. The molecule has 0 spiro atoms. The highest BCUT2D eigenvalue weighted by Crippen LogP contribution is 2.23. The zero-order valence-corrected chi connectivity index (χ0v) is 10.7. The Kier molecular flexibility index (Phi) is 4.18. The first-order valence-corrected chi connectivity index (χ1v) is 7.44. The van der Waals surface area contributed by atoms with Gasteiger partial charge in [-0.2, -0.15) is 0 Å². The Morgan fingerprint density at radius 3 is 2.67 bits per heavy atom. The van der Waals surface area contributed by atoms with E-state index in [1.807, 2.05) is 6.92 Å². The molecule has 1 heterocycles. The van der Waals surface area contributed by atoms with E-state index in [2.05, 4.69) is 15.5 Å². The summed E-state index contributed by atoms with van der Waals surface area (Å²) in [4.78, 5) is 0. The molecular weight excluding hydrogens is 234 g/mol. The molecule has 86 valence electrons. The van der Waals surface area contributed by atoms with Gasteiger partial charge >= 0.3 is 0 Å². The standard InChI is InChI=1S/C8H15N3O2S2/c1-4-9-5-7-10-11-8(14-7)6(2)15(3,12)13/h6,9H,4-5H2,1-3H3. The minimum absolute atomic E-state index is 0.561. The molecule has 0 aliphatic carbocycles. The third kappa shape index (κ3) is 3.51. The van der Waals surface area contributed by atoms with E-state index in [0.29, 0.717) is 11.6 Å². The summed E-state index contributed by atoms with van der Waals surface area (Å²) in [7, 11) is -3.08. The van der Waals surface area contributed by atoms with Gasteiger partial charge in [-0.15, -0.1) is 10.2 Å². The van der Waals surface area contributed by atoms with Crippen molar-refractivity contribution in [1.29, 1.82) is 0 Å².